The van der Waals surface area contributed by atoms with Gasteiger partial charge in [0.05, 0.1) is 10.8 Å². The summed E-state index contributed by atoms with van der Waals surface area (Å²) < 4.78 is 19.0. The zero-order valence-electron chi connectivity index (χ0n) is 14.1. The van der Waals surface area contributed by atoms with E-state index in [2.05, 4.69) is 28.1 Å². The van der Waals surface area contributed by atoms with Crippen LogP contribution < -0.4 is 0 Å². The van der Waals surface area contributed by atoms with Crippen LogP contribution in [0, 0.1) is 12.7 Å². The van der Waals surface area contributed by atoms with E-state index < -0.39 is 0 Å². The van der Waals surface area contributed by atoms with Crippen LogP contribution in [0.2, 0.25) is 0 Å². The molecule has 4 rings (SSSR count). The smallest absolute Gasteiger partial charge is 0.257 e. The Morgan fingerprint density at radius 2 is 2.04 bits per heavy atom. The second-order valence-electron chi connectivity index (χ2n) is 6.56. The maximum absolute atomic E-state index is 13.1. The number of benzene rings is 1. The number of halogens is 1. The molecule has 1 aliphatic rings. The number of aromatic nitrogens is 2. The average Bonchev–Trinajstić information content (AvgIpc) is 3.26. The summed E-state index contributed by atoms with van der Waals surface area (Å²) in [6.07, 6.45) is 2.16. The molecule has 3 aromatic rings. The molecule has 0 amide bonds. The van der Waals surface area contributed by atoms with Gasteiger partial charge in [0.25, 0.3) is 5.89 Å². The van der Waals surface area contributed by atoms with Crippen molar-refractivity contribution in [3.8, 4) is 10.8 Å². The number of nitrogens with zero attached hydrogens (tertiary/aromatic N) is 3. The molecule has 130 valence electrons. The minimum absolute atomic E-state index is 0.192. The minimum atomic E-state index is -0.192. The first-order valence-electron chi connectivity index (χ1n) is 8.54. The second kappa shape index (κ2) is 7.06. The number of hydrogen-bond acceptors (Lipinski definition) is 5. The van der Waals surface area contributed by atoms with Crippen LogP contribution in [0.1, 0.15) is 35.1 Å². The third-order valence-electron chi connectivity index (χ3n) is 4.57. The summed E-state index contributed by atoms with van der Waals surface area (Å²) in [6.45, 7) is 4.82. The Bertz CT molecular complexity index is 842. The van der Waals surface area contributed by atoms with E-state index in [4.69, 9.17) is 4.42 Å². The molecule has 2 aromatic heterocycles. The lowest BCUT2D eigenvalue weighted by Crippen LogP contribution is -2.34. The van der Waals surface area contributed by atoms with E-state index >= 15 is 0 Å². The predicted molar refractivity (Wildman–Crippen MR) is 96.0 cm³/mol. The lowest BCUT2D eigenvalue weighted by molar-refractivity contribution is 0.186. The summed E-state index contributed by atoms with van der Waals surface area (Å²) in [5.41, 5.74) is 1.13. The monoisotopic (exact) mass is 357 g/mol. The van der Waals surface area contributed by atoms with Crippen LogP contribution in [-0.2, 0) is 6.54 Å². The molecule has 1 saturated heterocycles. The number of thiophene rings is 1. The molecule has 1 aromatic carbocycles. The summed E-state index contributed by atoms with van der Waals surface area (Å²) in [5.74, 6) is 1.41. The Labute approximate surface area is 150 Å². The zero-order chi connectivity index (χ0) is 17.2. The summed E-state index contributed by atoms with van der Waals surface area (Å²) in [6, 6.07) is 10.8. The quantitative estimate of drug-likeness (QED) is 0.683. The third kappa shape index (κ3) is 3.80. The first kappa shape index (κ1) is 16.4. The second-order valence-corrected chi connectivity index (χ2v) is 7.84. The van der Waals surface area contributed by atoms with Crippen LogP contribution >= 0.6 is 11.3 Å². The van der Waals surface area contributed by atoms with Gasteiger partial charge in [0.1, 0.15) is 5.82 Å². The van der Waals surface area contributed by atoms with Gasteiger partial charge in [-0.3, -0.25) is 4.90 Å². The Morgan fingerprint density at radius 3 is 2.80 bits per heavy atom. The van der Waals surface area contributed by atoms with E-state index in [1.54, 1.807) is 11.3 Å². The van der Waals surface area contributed by atoms with E-state index in [0.29, 0.717) is 5.89 Å². The molecule has 0 saturated carbocycles. The molecule has 1 aliphatic heterocycles. The lowest BCUT2D eigenvalue weighted by atomic mass is 9.97. The van der Waals surface area contributed by atoms with E-state index in [-0.39, 0.29) is 11.7 Å². The Balaban J connectivity index is 1.44. The largest absolute Gasteiger partial charge is 0.420 e. The molecular weight excluding hydrogens is 337 g/mol. The van der Waals surface area contributed by atoms with Crippen molar-refractivity contribution in [3.63, 3.8) is 0 Å². The van der Waals surface area contributed by atoms with Crippen LogP contribution in [0.25, 0.3) is 10.8 Å². The summed E-state index contributed by atoms with van der Waals surface area (Å²) in [5, 5.41) is 8.52. The molecule has 4 nitrogen and oxygen atoms in total. The molecule has 0 spiro atoms. The van der Waals surface area contributed by atoms with Crippen LogP contribution in [0.3, 0.4) is 0 Å². The molecule has 0 aliphatic carbocycles. The van der Waals surface area contributed by atoms with Crippen LogP contribution in [-0.4, -0.2) is 28.2 Å². The average molecular weight is 357 g/mol. The number of rotatable bonds is 4. The van der Waals surface area contributed by atoms with Gasteiger partial charge < -0.3 is 4.42 Å². The fourth-order valence-electron chi connectivity index (χ4n) is 3.30. The molecule has 1 fully saturated rings. The van der Waals surface area contributed by atoms with Crippen molar-refractivity contribution in [3.05, 3.63) is 58.5 Å². The molecule has 0 N–H and O–H groups in total. The maximum Gasteiger partial charge on any atom is 0.257 e. The molecular formula is C19H20FN3OS. The van der Waals surface area contributed by atoms with E-state index in [0.717, 1.165) is 48.8 Å². The fourth-order valence-corrected chi connectivity index (χ4v) is 4.09. The number of likely N-dealkylation sites (tertiary alicyclic amines) is 1. The van der Waals surface area contributed by atoms with E-state index in [1.165, 1.54) is 17.0 Å². The van der Waals surface area contributed by atoms with Crippen molar-refractivity contribution in [1.82, 2.24) is 15.1 Å². The van der Waals surface area contributed by atoms with Gasteiger partial charge in [-0.25, -0.2) is 4.39 Å². The Kier molecular flexibility index (Phi) is 4.63. The highest BCUT2D eigenvalue weighted by molar-refractivity contribution is 7.15. The van der Waals surface area contributed by atoms with Gasteiger partial charge in [-0.15, -0.1) is 21.5 Å². The van der Waals surface area contributed by atoms with Crippen LogP contribution in [0.15, 0.2) is 40.8 Å². The number of hydrogen-bond donors (Lipinski definition) is 0. The molecule has 1 atom stereocenters. The topological polar surface area (TPSA) is 42.2 Å². The van der Waals surface area contributed by atoms with Crippen LogP contribution in [0.4, 0.5) is 4.39 Å². The van der Waals surface area contributed by atoms with Crippen molar-refractivity contribution < 1.29 is 8.81 Å². The molecule has 6 heteroatoms. The van der Waals surface area contributed by atoms with Gasteiger partial charge in [-0.05, 0) is 56.1 Å². The minimum Gasteiger partial charge on any atom is -0.420 e. The highest BCUT2D eigenvalue weighted by Crippen LogP contribution is 2.31. The van der Waals surface area contributed by atoms with Gasteiger partial charge in [0.2, 0.25) is 5.89 Å². The highest BCUT2D eigenvalue weighted by Gasteiger charge is 2.26. The van der Waals surface area contributed by atoms with Crippen molar-refractivity contribution in [2.45, 2.75) is 32.2 Å². The van der Waals surface area contributed by atoms with Crippen molar-refractivity contribution >= 4 is 11.3 Å². The summed E-state index contributed by atoms with van der Waals surface area (Å²) >= 11 is 1.67. The number of aryl methyl sites for hydroxylation is 1. The van der Waals surface area contributed by atoms with Gasteiger partial charge in [0.15, 0.2) is 0 Å². The normalized spacial score (nSPS) is 18.6. The number of piperidine rings is 1. The standard InChI is InChI=1S/C19H20FN3OS/c1-13-4-9-17(25-13)19-22-21-18(24-19)15-3-2-10-23(12-15)11-14-5-7-16(20)8-6-14/h4-9,15H,2-3,10-12H2,1H3. The SMILES string of the molecule is Cc1ccc(-c2nnc(C3CCCN(Cc4ccc(F)cc4)C3)o2)s1. The fraction of sp³-hybridized carbons (Fsp3) is 0.368. The first-order chi connectivity index (χ1) is 12.2. The highest BCUT2D eigenvalue weighted by atomic mass is 32.1. The third-order valence-corrected chi connectivity index (χ3v) is 5.55. The molecule has 25 heavy (non-hydrogen) atoms. The lowest BCUT2D eigenvalue weighted by Gasteiger charge is -2.31. The van der Waals surface area contributed by atoms with Crippen molar-refractivity contribution in [1.29, 1.82) is 0 Å². The van der Waals surface area contributed by atoms with Crippen molar-refractivity contribution in [2.75, 3.05) is 13.1 Å². The predicted octanol–water partition coefficient (Wildman–Crippen LogP) is 4.63. The van der Waals surface area contributed by atoms with Crippen molar-refractivity contribution in [2.24, 2.45) is 0 Å². The van der Waals surface area contributed by atoms with Gasteiger partial charge in [0, 0.05) is 18.0 Å². The summed E-state index contributed by atoms with van der Waals surface area (Å²) in [7, 11) is 0. The first-order valence-corrected chi connectivity index (χ1v) is 9.36. The molecule has 0 radical (unpaired) electrons. The maximum atomic E-state index is 13.1. The van der Waals surface area contributed by atoms with E-state index in [9.17, 15) is 4.39 Å². The summed E-state index contributed by atoms with van der Waals surface area (Å²) in [4.78, 5) is 4.63. The van der Waals surface area contributed by atoms with E-state index in [1.807, 2.05) is 18.2 Å². The molecule has 3 heterocycles. The Hall–Kier alpha value is -2.05. The van der Waals surface area contributed by atoms with Gasteiger partial charge >= 0.3 is 0 Å². The van der Waals surface area contributed by atoms with Gasteiger partial charge in [-0.1, -0.05) is 12.1 Å². The molecule has 1 unspecified atom stereocenters. The zero-order valence-corrected chi connectivity index (χ0v) is 14.9. The van der Waals surface area contributed by atoms with Gasteiger partial charge in [-0.2, -0.15) is 0 Å². The van der Waals surface area contributed by atoms with Crippen LogP contribution in [0.5, 0.6) is 0 Å². The molecule has 0 bridgehead atoms. The Morgan fingerprint density at radius 1 is 1.20 bits per heavy atom.